The van der Waals surface area contributed by atoms with E-state index in [0.717, 1.165) is 0 Å². The van der Waals surface area contributed by atoms with E-state index >= 15 is 0 Å². The summed E-state index contributed by atoms with van der Waals surface area (Å²) in [5.41, 5.74) is 4.25. The molecule has 1 rings (SSSR count). The van der Waals surface area contributed by atoms with Crippen LogP contribution in [0.4, 0.5) is 4.79 Å². The molecule has 3 N–H and O–H groups in total. The molecule has 21 heavy (non-hydrogen) atoms. The van der Waals surface area contributed by atoms with Gasteiger partial charge in [0.2, 0.25) is 0 Å². The molecule has 0 saturated carbocycles. The zero-order valence-electron chi connectivity index (χ0n) is 13.9. The lowest BCUT2D eigenvalue weighted by atomic mass is 10.1. The lowest BCUT2D eigenvalue weighted by Gasteiger charge is -2.27. The molecule has 0 aromatic heterocycles. The maximum atomic E-state index is 12.2. The Morgan fingerprint density at radius 1 is 1.05 bits per heavy atom. The molecule has 122 valence electrons. The van der Waals surface area contributed by atoms with Crippen molar-refractivity contribution in [2.45, 2.75) is 77.8 Å². The van der Waals surface area contributed by atoms with E-state index in [1.807, 2.05) is 6.92 Å². The lowest BCUT2D eigenvalue weighted by molar-refractivity contribution is -0.157. The first-order chi connectivity index (χ1) is 9.30. The number of rotatable bonds is 4. The van der Waals surface area contributed by atoms with Gasteiger partial charge in [0, 0.05) is 6.42 Å². The van der Waals surface area contributed by atoms with Crippen LogP contribution in [0.15, 0.2) is 0 Å². The Kier molecular flexibility index (Phi) is 4.90. The number of hydrogen-bond donors (Lipinski definition) is 3. The molecule has 1 aliphatic rings. The second kappa shape index (κ2) is 5.81. The van der Waals surface area contributed by atoms with Gasteiger partial charge < -0.3 is 14.8 Å². The zero-order chi connectivity index (χ0) is 16.5. The van der Waals surface area contributed by atoms with Crippen LogP contribution in [0.5, 0.6) is 0 Å². The van der Waals surface area contributed by atoms with E-state index < -0.39 is 29.3 Å². The third-order valence-corrected chi connectivity index (χ3v) is 2.55. The third kappa shape index (κ3) is 7.29. The van der Waals surface area contributed by atoms with Crippen LogP contribution in [0.25, 0.3) is 0 Å². The summed E-state index contributed by atoms with van der Waals surface area (Å²) in [5.74, 6) is -0.481. The van der Waals surface area contributed by atoms with E-state index in [4.69, 9.17) is 9.47 Å². The van der Waals surface area contributed by atoms with Gasteiger partial charge in [-0.05, 0) is 48.5 Å². The van der Waals surface area contributed by atoms with Gasteiger partial charge in [0.15, 0.2) is 0 Å². The van der Waals surface area contributed by atoms with Crippen LogP contribution >= 0.6 is 0 Å². The number of carbonyl (C=O) groups excluding carboxylic acids is 2. The minimum atomic E-state index is -0.786. The number of nitrogens with one attached hydrogen (secondary N) is 3. The molecule has 0 aromatic rings. The van der Waals surface area contributed by atoms with Gasteiger partial charge in [-0.1, -0.05) is 0 Å². The first kappa shape index (κ1) is 17.7. The Balaban J connectivity index is 2.68. The number of amides is 1. The highest BCUT2D eigenvalue weighted by Crippen LogP contribution is 2.19. The van der Waals surface area contributed by atoms with Crippen molar-refractivity contribution in [3.05, 3.63) is 0 Å². The maximum Gasteiger partial charge on any atom is 0.408 e. The molecule has 1 aliphatic heterocycles. The van der Waals surface area contributed by atoms with Gasteiger partial charge in [-0.3, -0.25) is 0 Å². The van der Waals surface area contributed by atoms with Crippen LogP contribution in [-0.4, -0.2) is 35.0 Å². The summed E-state index contributed by atoms with van der Waals surface area (Å²) in [6.45, 7) is 12.5. The summed E-state index contributed by atoms with van der Waals surface area (Å²) in [4.78, 5) is 24.1. The fraction of sp³-hybridized carbons (Fsp3) is 0.857. The molecule has 0 radical (unpaired) electrons. The molecule has 7 nitrogen and oxygen atoms in total. The monoisotopic (exact) mass is 301 g/mol. The van der Waals surface area contributed by atoms with Crippen LogP contribution in [0.2, 0.25) is 0 Å². The minimum Gasteiger partial charge on any atom is -0.458 e. The van der Waals surface area contributed by atoms with E-state index in [1.54, 1.807) is 41.5 Å². The van der Waals surface area contributed by atoms with Crippen molar-refractivity contribution < 1.29 is 19.1 Å². The standard InChI is InChI=1S/C14H27N3O4/c1-12(2,3)20-10(18)9(8-14(7)16-17-14)15-11(19)21-13(4,5)6/h9,16-17H,8H2,1-7H3,(H,15,19). The Morgan fingerprint density at radius 2 is 1.52 bits per heavy atom. The summed E-state index contributed by atoms with van der Waals surface area (Å²) in [6, 6.07) is -0.786. The minimum absolute atomic E-state index is 0.362. The molecule has 1 fully saturated rings. The fourth-order valence-corrected chi connectivity index (χ4v) is 1.63. The van der Waals surface area contributed by atoms with Crippen molar-refractivity contribution in [2.75, 3.05) is 0 Å². The summed E-state index contributed by atoms with van der Waals surface area (Å²) >= 11 is 0. The second-order valence-corrected chi connectivity index (χ2v) is 7.52. The first-order valence-corrected chi connectivity index (χ1v) is 7.06. The van der Waals surface area contributed by atoms with Gasteiger partial charge in [-0.25, -0.2) is 20.4 Å². The van der Waals surface area contributed by atoms with Crippen LogP contribution < -0.4 is 16.2 Å². The van der Waals surface area contributed by atoms with E-state index in [2.05, 4.69) is 16.2 Å². The zero-order valence-corrected chi connectivity index (χ0v) is 13.9. The molecular formula is C14H27N3O4. The van der Waals surface area contributed by atoms with Crippen molar-refractivity contribution in [3.63, 3.8) is 0 Å². The van der Waals surface area contributed by atoms with E-state index in [1.165, 1.54) is 0 Å². The molecule has 1 heterocycles. The average molecular weight is 301 g/mol. The number of ether oxygens (including phenoxy) is 2. The van der Waals surface area contributed by atoms with Crippen LogP contribution in [-0.2, 0) is 14.3 Å². The first-order valence-electron chi connectivity index (χ1n) is 7.06. The van der Waals surface area contributed by atoms with Gasteiger partial charge in [0.1, 0.15) is 17.2 Å². The highest BCUT2D eigenvalue weighted by Gasteiger charge is 2.42. The number of hydrogen-bond acceptors (Lipinski definition) is 6. The van der Waals surface area contributed by atoms with Crippen LogP contribution in [0, 0.1) is 0 Å². The predicted octanol–water partition coefficient (Wildman–Crippen LogP) is 1.44. The SMILES string of the molecule is CC1(CC(NC(=O)OC(C)(C)C)C(=O)OC(C)(C)C)NN1. The molecule has 0 aliphatic carbocycles. The predicted molar refractivity (Wildman–Crippen MR) is 78.3 cm³/mol. The molecule has 1 unspecified atom stereocenters. The smallest absolute Gasteiger partial charge is 0.408 e. The fourth-order valence-electron chi connectivity index (χ4n) is 1.63. The highest BCUT2D eigenvalue weighted by molar-refractivity contribution is 5.81. The Morgan fingerprint density at radius 3 is 1.90 bits per heavy atom. The van der Waals surface area contributed by atoms with Crippen molar-refractivity contribution >= 4 is 12.1 Å². The Bertz CT molecular complexity index is 405. The van der Waals surface area contributed by atoms with Gasteiger partial charge in [-0.2, -0.15) is 0 Å². The van der Waals surface area contributed by atoms with E-state index in [0.29, 0.717) is 6.42 Å². The maximum absolute atomic E-state index is 12.2. The van der Waals surface area contributed by atoms with Crippen molar-refractivity contribution in [1.29, 1.82) is 0 Å². The summed E-state index contributed by atoms with van der Waals surface area (Å²) in [6.07, 6.45) is -0.274. The topological polar surface area (TPSA) is 109 Å². The molecule has 0 spiro atoms. The van der Waals surface area contributed by atoms with Gasteiger partial charge in [0.25, 0.3) is 0 Å². The quantitative estimate of drug-likeness (QED) is 0.535. The van der Waals surface area contributed by atoms with Gasteiger partial charge in [0.05, 0.1) is 5.66 Å². The van der Waals surface area contributed by atoms with Gasteiger partial charge in [-0.15, -0.1) is 0 Å². The normalized spacial score (nSPS) is 18.6. The largest absolute Gasteiger partial charge is 0.458 e. The Labute approximate surface area is 126 Å². The van der Waals surface area contributed by atoms with E-state index in [-0.39, 0.29) is 5.66 Å². The second-order valence-electron chi connectivity index (χ2n) is 7.52. The van der Waals surface area contributed by atoms with Crippen LogP contribution in [0.3, 0.4) is 0 Å². The number of hydrazine groups is 1. The molecule has 7 heteroatoms. The highest BCUT2D eigenvalue weighted by atomic mass is 16.6. The Hall–Kier alpha value is -1.34. The van der Waals surface area contributed by atoms with Gasteiger partial charge >= 0.3 is 12.1 Å². The third-order valence-electron chi connectivity index (χ3n) is 2.55. The molecule has 1 saturated heterocycles. The number of esters is 1. The van der Waals surface area contributed by atoms with Crippen molar-refractivity contribution in [1.82, 2.24) is 16.2 Å². The van der Waals surface area contributed by atoms with Crippen molar-refractivity contribution in [2.24, 2.45) is 0 Å². The molecule has 0 bridgehead atoms. The molecule has 0 aromatic carbocycles. The van der Waals surface area contributed by atoms with E-state index in [9.17, 15) is 9.59 Å². The molecular weight excluding hydrogens is 274 g/mol. The molecule has 1 amide bonds. The number of alkyl carbamates (subject to hydrolysis) is 1. The summed E-state index contributed by atoms with van der Waals surface area (Å²) in [7, 11) is 0. The lowest BCUT2D eigenvalue weighted by Crippen LogP contribution is -2.48. The van der Waals surface area contributed by atoms with Crippen LogP contribution in [0.1, 0.15) is 54.9 Å². The number of carbonyl (C=O) groups is 2. The summed E-state index contributed by atoms with van der Waals surface area (Å²) in [5, 5.41) is 2.58. The average Bonchev–Trinajstić information content (AvgIpc) is 2.89. The summed E-state index contributed by atoms with van der Waals surface area (Å²) < 4.78 is 10.5. The molecule has 1 atom stereocenters. The van der Waals surface area contributed by atoms with Crippen molar-refractivity contribution in [3.8, 4) is 0 Å².